The van der Waals surface area contributed by atoms with Crippen LogP contribution in [0.5, 0.6) is 0 Å². The molecule has 1 aliphatic heterocycles. The maximum absolute atomic E-state index is 13.9. The SMILES string of the molecule is O=C(NCc1ccco1)c1cccc(CN2C(=O)NC(Cc3ccccc3)(c3ccccc3)C2=O)c1. The van der Waals surface area contributed by atoms with Crippen LogP contribution in [0, 0.1) is 0 Å². The average molecular weight is 480 g/mol. The van der Waals surface area contributed by atoms with Crippen LogP contribution in [0.3, 0.4) is 0 Å². The quantitative estimate of drug-likeness (QED) is 0.367. The molecule has 0 aliphatic carbocycles. The number of carbonyl (C=O) groups is 3. The molecule has 0 bridgehead atoms. The summed E-state index contributed by atoms with van der Waals surface area (Å²) in [4.78, 5) is 40.8. The Morgan fingerprint density at radius 2 is 1.58 bits per heavy atom. The molecule has 1 saturated heterocycles. The van der Waals surface area contributed by atoms with E-state index < -0.39 is 11.6 Å². The van der Waals surface area contributed by atoms with Gasteiger partial charge in [-0.15, -0.1) is 0 Å². The fourth-order valence-corrected chi connectivity index (χ4v) is 4.49. The molecule has 0 saturated carbocycles. The third-order valence-corrected chi connectivity index (χ3v) is 6.29. The molecule has 1 aromatic heterocycles. The van der Waals surface area contributed by atoms with Crippen LogP contribution in [0.4, 0.5) is 4.79 Å². The molecule has 1 atom stereocenters. The molecule has 7 nitrogen and oxygen atoms in total. The van der Waals surface area contributed by atoms with E-state index in [2.05, 4.69) is 10.6 Å². The van der Waals surface area contributed by atoms with E-state index in [0.29, 0.717) is 23.3 Å². The van der Waals surface area contributed by atoms with Crippen molar-refractivity contribution < 1.29 is 18.8 Å². The third-order valence-electron chi connectivity index (χ3n) is 6.29. The first kappa shape index (κ1) is 23.1. The number of hydrogen-bond donors (Lipinski definition) is 2. The minimum atomic E-state index is -1.21. The van der Waals surface area contributed by atoms with Gasteiger partial charge in [0.05, 0.1) is 19.4 Å². The van der Waals surface area contributed by atoms with E-state index in [-0.39, 0.29) is 24.9 Å². The van der Waals surface area contributed by atoms with Crippen LogP contribution >= 0.6 is 0 Å². The molecule has 180 valence electrons. The number of rotatable bonds is 8. The van der Waals surface area contributed by atoms with Gasteiger partial charge in [-0.2, -0.15) is 0 Å². The second kappa shape index (κ2) is 9.92. The molecule has 4 amide bonds. The summed E-state index contributed by atoms with van der Waals surface area (Å²) in [5.74, 6) is 0.0536. The lowest BCUT2D eigenvalue weighted by Crippen LogP contribution is -2.46. The van der Waals surface area contributed by atoms with Gasteiger partial charge in [0.25, 0.3) is 11.8 Å². The molecular formula is C29H25N3O4. The summed E-state index contributed by atoms with van der Waals surface area (Å²) in [6.07, 6.45) is 1.88. The summed E-state index contributed by atoms with van der Waals surface area (Å²) in [5.41, 5.74) is 1.56. The lowest BCUT2D eigenvalue weighted by molar-refractivity contribution is -0.132. The van der Waals surface area contributed by atoms with Crippen LogP contribution in [0.1, 0.15) is 32.8 Å². The Labute approximate surface area is 208 Å². The lowest BCUT2D eigenvalue weighted by Gasteiger charge is -2.27. The molecule has 7 heteroatoms. The summed E-state index contributed by atoms with van der Waals surface area (Å²) >= 11 is 0. The van der Waals surface area contributed by atoms with Gasteiger partial charge in [0, 0.05) is 12.0 Å². The molecule has 4 aromatic rings. The summed E-state index contributed by atoms with van der Waals surface area (Å²) in [7, 11) is 0. The van der Waals surface area contributed by atoms with Crippen LogP contribution in [0.25, 0.3) is 0 Å². The van der Waals surface area contributed by atoms with Gasteiger partial charge in [-0.25, -0.2) is 4.79 Å². The zero-order valence-electron chi connectivity index (χ0n) is 19.5. The van der Waals surface area contributed by atoms with Crippen molar-refractivity contribution >= 4 is 17.8 Å². The van der Waals surface area contributed by atoms with Gasteiger partial charge in [0.2, 0.25) is 0 Å². The molecule has 5 rings (SSSR count). The van der Waals surface area contributed by atoms with Crippen LogP contribution in [-0.4, -0.2) is 22.7 Å². The predicted octanol–water partition coefficient (Wildman–Crippen LogP) is 4.40. The second-order valence-electron chi connectivity index (χ2n) is 8.72. The Balaban J connectivity index is 1.38. The Morgan fingerprint density at radius 1 is 0.861 bits per heavy atom. The number of imide groups is 1. The van der Waals surface area contributed by atoms with E-state index >= 15 is 0 Å². The normalized spacial score (nSPS) is 17.2. The van der Waals surface area contributed by atoms with Crippen LogP contribution in [-0.2, 0) is 29.8 Å². The Kier molecular flexibility index (Phi) is 6.36. The highest BCUT2D eigenvalue weighted by molar-refractivity contribution is 6.07. The average Bonchev–Trinajstić information content (AvgIpc) is 3.52. The smallest absolute Gasteiger partial charge is 0.325 e. The molecular weight excluding hydrogens is 454 g/mol. The van der Waals surface area contributed by atoms with Crippen molar-refractivity contribution in [1.29, 1.82) is 0 Å². The first-order chi connectivity index (χ1) is 17.5. The van der Waals surface area contributed by atoms with Gasteiger partial charge in [-0.1, -0.05) is 72.8 Å². The first-order valence-corrected chi connectivity index (χ1v) is 11.7. The van der Waals surface area contributed by atoms with Crippen LogP contribution in [0.15, 0.2) is 108 Å². The maximum atomic E-state index is 13.9. The van der Waals surface area contributed by atoms with Crippen molar-refractivity contribution in [1.82, 2.24) is 15.5 Å². The van der Waals surface area contributed by atoms with Gasteiger partial charge in [-0.3, -0.25) is 14.5 Å². The van der Waals surface area contributed by atoms with E-state index in [1.807, 2.05) is 60.7 Å². The van der Waals surface area contributed by atoms with Crippen molar-refractivity contribution in [3.63, 3.8) is 0 Å². The van der Waals surface area contributed by atoms with Crippen molar-refractivity contribution in [2.24, 2.45) is 0 Å². The Bertz CT molecular complexity index is 1370. The molecule has 2 heterocycles. The van der Waals surface area contributed by atoms with Gasteiger partial charge in [0.15, 0.2) is 5.54 Å². The molecule has 1 fully saturated rings. The van der Waals surface area contributed by atoms with Gasteiger partial charge in [0.1, 0.15) is 5.76 Å². The molecule has 1 aliphatic rings. The standard InChI is InChI=1S/C29H25N3O4/c33-26(30-19-25-15-8-16-36-25)23-12-7-11-22(17-23)20-32-27(34)29(31-28(32)35,24-13-5-2-6-14-24)18-21-9-3-1-4-10-21/h1-17H,18-20H2,(H,30,33)(H,31,35). The summed E-state index contributed by atoms with van der Waals surface area (Å²) in [6, 6.07) is 28.9. The summed E-state index contributed by atoms with van der Waals surface area (Å²) < 4.78 is 5.25. The minimum Gasteiger partial charge on any atom is -0.467 e. The molecule has 0 spiro atoms. The number of furan rings is 1. The highest BCUT2D eigenvalue weighted by atomic mass is 16.3. The van der Waals surface area contributed by atoms with Gasteiger partial charge < -0.3 is 15.1 Å². The maximum Gasteiger partial charge on any atom is 0.325 e. The number of carbonyl (C=O) groups excluding carboxylic acids is 3. The number of nitrogens with zero attached hydrogens (tertiary/aromatic N) is 1. The van der Waals surface area contributed by atoms with Crippen molar-refractivity contribution in [3.8, 4) is 0 Å². The first-order valence-electron chi connectivity index (χ1n) is 11.7. The number of hydrogen-bond acceptors (Lipinski definition) is 4. The lowest BCUT2D eigenvalue weighted by atomic mass is 9.83. The number of benzene rings is 3. The summed E-state index contributed by atoms with van der Waals surface area (Å²) in [6.45, 7) is 0.315. The predicted molar refractivity (Wildman–Crippen MR) is 134 cm³/mol. The molecule has 36 heavy (non-hydrogen) atoms. The van der Waals surface area contributed by atoms with Crippen LogP contribution < -0.4 is 10.6 Å². The van der Waals surface area contributed by atoms with Gasteiger partial charge >= 0.3 is 6.03 Å². The highest BCUT2D eigenvalue weighted by Crippen LogP contribution is 2.33. The zero-order valence-corrected chi connectivity index (χ0v) is 19.5. The monoisotopic (exact) mass is 479 g/mol. The molecule has 2 N–H and O–H groups in total. The van der Waals surface area contributed by atoms with Gasteiger partial charge in [-0.05, 0) is 41.0 Å². The van der Waals surface area contributed by atoms with E-state index in [1.165, 1.54) is 4.90 Å². The van der Waals surface area contributed by atoms with Crippen LogP contribution in [0.2, 0.25) is 0 Å². The highest BCUT2D eigenvalue weighted by Gasteiger charge is 2.52. The Morgan fingerprint density at radius 3 is 2.31 bits per heavy atom. The number of urea groups is 1. The zero-order chi connectivity index (χ0) is 25.0. The van der Waals surface area contributed by atoms with E-state index in [1.54, 1.807) is 42.7 Å². The van der Waals surface area contributed by atoms with Crippen molar-refractivity contribution in [2.75, 3.05) is 0 Å². The van der Waals surface area contributed by atoms with E-state index in [0.717, 1.165) is 11.1 Å². The second-order valence-corrected chi connectivity index (χ2v) is 8.72. The number of amides is 4. The summed E-state index contributed by atoms with van der Waals surface area (Å²) in [5, 5.41) is 5.78. The minimum absolute atomic E-state index is 0.0490. The fourth-order valence-electron chi connectivity index (χ4n) is 4.49. The van der Waals surface area contributed by atoms with Crippen molar-refractivity contribution in [3.05, 3.63) is 131 Å². The molecule has 3 aromatic carbocycles. The Hall–Kier alpha value is -4.65. The third kappa shape index (κ3) is 4.63. The topological polar surface area (TPSA) is 91.7 Å². The molecule has 1 unspecified atom stereocenters. The van der Waals surface area contributed by atoms with E-state index in [4.69, 9.17) is 4.42 Å². The van der Waals surface area contributed by atoms with E-state index in [9.17, 15) is 14.4 Å². The fraction of sp³-hybridized carbons (Fsp3) is 0.138. The molecule has 0 radical (unpaired) electrons. The van der Waals surface area contributed by atoms with Crippen molar-refractivity contribution in [2.45, 2.75) is 25.0 Å². The number of nitrogens with one attached hydrogen (secondary N) is 2. The largest absolute Gasteiger partial charge is 0.467 e.